The Hall–Kier alpha value is -1.36. The minimum Gasteiger partial charge on any atom is -0.383 e. The highest BCUT2D eigenvalue weighted by Crippen LogP contribution is 2.30. The highest BCUT2D eigenvalue weighted by atomic mass is 16.5. The zero-order chi connectivity index (χ0) is 15.8. The molecular formula is C16H28N4O. The van der Waals surface area contributed by atoms with E-state index in [2.05, 4.69) is 44.5 Å². The number of nitrogen functional groups attached to an aromatic ring is 1. The highest BCUT2D eigenvalue weighted by molar-refractivity contribution is 5.57. The molecule has 118 valence electrons. The van der Waals surface area contributed by atoms with Crippen molar-refractivity contribution in [1.82, 2.24) is 9.97 Å². The SMILES string of the molecule is CCC1COC(C)CN1c1nc(C(C)(C)C)nc(N)c1C. The van der Waals surface area contributed by atoms with Crippen LogP contribution in [0.1, 0.15) is 52.4 Å². The van der Waals surface area contributed by atoms with Crippen LogP contribution in [0.25, 0.3) is 0 Å². The maximum atomic E-state index is 6.14. The molecule has 5 heteroatoms. The monoisotopic (exact) mass is 292 g/mol. The smallest absolute Gasteiger partial charge is 0.138 e. The van der Waals surface area contributed by atoms with Gasteiger partial charge in [0.1, 0.15) is 17.5 Å². The zero-order valence-corrected chi connectivity index (χ0v) is 14.1. The highest BCUT2D eigenvalue weighted by Gasteiger charge is 2.30. The van der Waals surface area contributed by atoms with Gasteiger partial charge in [-0.05, 0) is 20.3 Å². The molecule has 1 aromatic rings. The fourth-order valence-electron chi connectivity index (χ4n) is 2.58. The summed E-state index contributed by atoms with van der Waals surface area (Å²) in [6, 6.07) is 0.349. The molecule has 21 heavy (non-hydrogen) atoms. The van der Waals surface area contributed by atoms with Crippen LogP contribution in [0.3, 0.4) is 0 Å². The van der Waals surface area contributed by atoms with Crippen molar-refractivity contribution in [3.63, 3.8) is 0 Å². The van der Waals surface area contributed by atoms with E-state index in [1.807, 2.05) is 6.92 Å². The molecule has 2 atom stereocenters. The van der Waals surface area contributed by atoms with E-state index in [1.54, 1.807) is 0 Å². The minimum atomic E-state index is -0.115. The maximum Gasteiger partial charge on any atom is 0.138 e. The van der Waals surface area contributed by atoms with E-state index in [-0.39, 0.29) is 11.5 Å². The van der Waals surface area contributed by atoms with Crippen LogP contribution < -0.4 is 10.6 Å². The lowest BCUT2D eigenvalue weighted by atomic mass is 9.95. The normalized spacial score (nSPS) is 23.4. The summed E-state index contributed by atoms with van der Waals surface area (Å²) in [5.74, 6) is 2.35. The summed E-state index contributed by atoms with van der Waals surface area (Å²) in [6.45, 7) is 14.2. The van der Waals surface area contributed by atoms with Crippen molar-refractivity contribution in [1.29, 1.82) is 0 Å². The van der Waals surface area contributed by atoms with Gasteiger partial charge in [0, 0.05) is 17.5 Å². The molecule has 0 radical (unpaired) electrons. The Labute approximate surface area is 127 Å². The van der Waals surface area contributed by atoms with Gasteiger partial charge < -0.3 is 15.4 Å². The fourth-order valence-corrected chi connectivity index (χ4v) is 2.58. The molecule has 0 spiro atoms. The van der Waals surface area contributed by atoms with E-state index in [4.69, 9.17) is 15.5 Å². The number of morpholine rings is 1. The molecule has 2 unspecified atom stereocenters. The van der Waals surface area contributed by atoms with Crippen LogP contribution in [0.15, 0.2) is 0 Å². The van der Waals surface area contributed by atoms with E-state index in [0.29, 0.717) is 11.9 Å². The Morgan fingerprint density at radius 2 is 2.00 bits per heavy atom. The van der Waals surface area contributed by atoms with Crippen LogP contribution in [0, 0.1) is 6.92 Å². The van der Waals surface area contributed by atoms with Gasteiger partial charge in [-0.15, -0.1) is 0 Å². The molecular weight excluding hydrogens is 264 g/mol. The number of hydrogen-bond acceptors (Lipinski definition) is 5. The number of ether oxygens (including phenoxy) is 1. The van der Waals surface area contributed by atoms with E-state index < -0.39 is 0 Å². The summed E-state index contributed by atoms with van der Waals surface area (Å²) >= 11 is 0. The van der Waals surface area contributed by atoms with Crippen LogP contribution in [-0.2, 0) is 10.2 Å². The van der Waals surface area contributed by atoms with E-state index >= 15 is 0 Å². The van der Waals surface area contributed by atoms with Gasteiger partial charge in [0.15, 0.2) is 0 Å². The van der Waals surface area contributed by atoms with Gasteiger partial charge in [0.2, 0.25) is 0 Å². The molecule has 0 bridgehead atoms. The van der Waals surface area contributed by atoms with E-state index in [1.165, 1.54) is 0 Å². The molecule has 1 fully saturated rings. The Bertz CT molecular complexity index is 510. The van der Waals surface area contributed by atoms with Gasteiger partial charge in [0.25, 0.3) is 0 Å². The summed E-state index contributed by atoms with van der Waals surface area (Å²) in [6.07, 6.45) is 1.24. The lowest BCUT2D eigenvalue weighted by molar-refractivity contribution is 0.0295. The quantitative estimate of drug-likeness (QED) is 0.908. The van der Waals surface area contributed by atoms with Crippen LogP contribution in [0.2, 0.25) is 0 Å². The van der Waals surface area contributed by atoms with Crippen molar-refractivity contribution in [2.45, 2.75) is 65.5 Å². The number of rotatable bonds is 2. The first-order valence-electron chi connectivity index (χ1n) is 7.76. The van der Waals surface area contributed by atoms with Crippen LogP contribution in [0.5, 0.6) is 0 Å². The average molecular weight is 292 g/mol. The van der Waals surface area contributed by atoms with E-state index in [0.717, 1.165) is 36.8 Å². The Morgan fingerprint density at radius 1 is 1.33 bits per heavy atom. The van der Waals surface area contributed by atoms with Crippen molar-refractivity contribution in [3.8, 4) is 0 Å². The number of anilines is 2. The van der Waals surface area contributed by atoms with Gasteiger partial charge in [-0.1, -0.05) is 27.7 Å². The zero-order valence-electron chi connectivity index (χ0n) is 14.1. The molecule has 1 aliphatic heterocycles. The van der Waals surface area contributed by atoms with Crippen molar-refractivity contribution in [3.05, 3.63) is 11.4 Å². The standard InChI is InChI=1S/C16H28N4O/c1-7-12-9-21-10(2)8-20(12)14-11(3)13(17)18-15(19-14)16(4,5)6/h10,12H,7-9H2,1-6H3,(H2,17,18,19). The minimum absolute atomic E-state index is 0.115. The van der Waals surface area contributed by atoms with Crippen molar-refractivity contribution < 1.29 is 4.74 Å². The third-order valence-electron chi connectivity index (χ3n) is 4.04. The second-order valence-corrected chi connectivity index (χ2v) is 6.99. The molecule has 0 aliphatic carbocycles. The molecule has 2 heterocycles. The number of hydrogen-bond donors (Lipinski definition) is 1. The molecule has 0 amide bonds. The number of aromatic nitrogens is 2. The number of nitrogens with zero attached hydrogens (tertiary/aromatic N) is 3. The summed E-state index contributed by atoms with van der Waals surface area (Å²) < 4.78 is 5.78. The molecule has 1 aromatic heterocycles. The predicted octanol–water partition coefficient (Wildman–Crippen LogP) is 2.67. The second kappa shape index (κ2) is 5.79. The lowest BCUT2D eigenvalue weighted by Gasteiger charge is -2.40. The third kappa shape index (κ3) is 3.28. The van der Waals surface area contributed by atoms with Crippen molar-refractivity contribution in [2.75, 3.05) is 23.8 Å². The molecule has 2 N–H and O–H groups in total. The molecule has 0 aromatic carbocycles. The molecule has 2 rings (SSSR count). The fraction of sp³-hybridized carbons (Fsp3) is 0.750. The van der Waals surface area contributed by atoms with Gasteiger partial charge in [-0.25, -0.2) is 9.97 Å². The largest absolute Gasteiger partial charge is 0.383 e. The van der Waals surface area contributed by atoms with Crippen LogP contribution in [-0.4, -0.2) is 35.3 Å². The second-order valence-electron chi connectivity index (χ2n) is 6.99. The first-order chi connectivity index (χ1) is 9.74. The van der Waals surface area contributed by atoms with Crippen LogP contribution in [0.4, 0.5) is 11.6 Å². The topological polar surface area (TPSA) is 64.3 Å². The van der Waals surface area contributed by atoms with Gasteiger partial charge in [-0.3, -0.25) is 0 Å². The third-order valence-corrected chi connectivity index (χ3v) is 4.04. The van der Waals surface area contributed by atoms with Gasteiger partial charge in [0.05, 0.1) is 18.8 Å². The lowest BCUT2D eigenvalue weighted by Crippen LogP contribution is -2.49. The molecule has 1 saturated heterocycles. The van der Waals surface area contributed by atoms with Crippen LogP contribution >= 0.6 is 0 Å². The summed E-state index contributed by atoms with van der Waals surface area (Å²) in [5, 5.41) is 0. The Morgan fingerprint density at radius 3 is 2.57 bits per heavy atom. The maximum absolute atomic E-state index is 6.14. The van der Waals surface area contributed by atoms with Crippen molar-refractivity contribution in [2.24, 2.45) is 0 Å². The predicted molar refractivity (Wildman–Crippen MR) is 86.7 cm³/mol. The average Bonchev–Trinajstić information content (AvgIpc) is 2.40. The number of nitrogens with two attached hydrogens (primary N) is 1. The van der Waals surface area contributed by atoms with Gasteiger partial charge in [-0.2, -0.15) is 0 Å². The molecule has 5 nitrogen and oxygen atoms in total. The molecule has 0 saturated carbocycles. The first-order valence-corrected chi connectivity index (χ1v) is 7.76. The summed E-state index contributed by atoms with van der Waals surface area (Å²) in [4.78, 5) is 11.7. The van der Waals surface area contributed by atoms with Gasteiger partial charge >= 0.3 is 0 Å². The first kappa shape index (κ1) is 16.0. The summed E-state index contributed by atoms with van der Waals surface area (Å²) in [7, 11) is 0. The summed E-state index contributed by atoms with van der Waals surface area (Å²) in [5.41, 5.74) is 6.99. The van der Waals surface area contributed by atoms with Crippen molar-refractivity contribution >= 4 is 11.6 Å². The Kier molecular flexibility index (Phi) is 4.42. The Balaban J connectivity index is 2.48. The molecule has 1 aliphatic rings. The van der Waals surface area contributed by atoms with E-state index in [9.17, 15) is 0 Å².